The van der Waals surface area contributed by atoms with Gasteiger partial charge in [0.25, 0.3) is 0 Å². The van der Waals surface area contributed by atoms with Gasteiger partial charge in [-0.2, -0.15) is 0 Å². The molecular weight excluding hydrogens is 186 g/mol. The Kier molecular flexibility index (Phi) is 1.99. The van der Waals surface area contributed by atoms with Crippen molar-refractivity contribution in [2.75, 3.05) is 13.1 Å². The lowest BCUT2D eigenvalue weighted by atomic mass is 9.61. The van der Waals surface area contributed by atoms with Crippen LogP contribution in [0, 0.1) is 5.41 Å². The first-order chi connectivity index (χ1) is 7.30. The molecule has 2 nitrogen and oxygen atoms in total. The van der Waals surface area contributed by atoms with E-state index in [2.05, 4.69) is 11.4 Å². The molecule has 1 aromatic carbocycles. The van der Waals surface area contributed by atoms with Gasteiger partial charge in [0.2, 0.25) is 0 Å². The van der Waals surface area contributed by atoms with Crippen LogP contribution in [0.2, 0.25) is 0 Å². The van der Waals surface area contributed by atoms with E-state index in [-0.39, 0.29) is 0 Å². The minimum Gasteiger partial charge on any atom is -0.508 e. The molecule has 2 N–H and O–H groups in total. The molecule has 2 aliphatic rings. The average Bonchev–Trinajstić information content (AvgIpc) is 2.61. The first-order valence-corrected chi connectivity index (χ1v) is 5.80. The van der Waals surface area contributed by atoms with Crippen molar-refractivity contribution in [2.45, 2.75) is 25.2 Å². The molecule has 1 aromatic rings. The Hall–Kier alpha value is -1.02. The molecule has 2 heteroatoms. The Labute approximate surface area is 90.3 Å². The third-order valence-corrected chi connectivity index (χ3v) is 4.19. The fourth-order valence-corrected chi connectivity index (χ4v) is 3.17. The summed E-state index contributed by atoms with van der Waals surface area (Å²) in [5, 5.41) is 13.0. The van der Waals surface area contributed by atoms with Crippen molar-refractivity contribution in [1.82, 2.24) is 5.32 Å². The Bertz CT molecular complexity index is 371. The molecule has 80 valence electrons. The van der Waals surface area contributed by atoms with Gasteiger partial charge in [-0.05, 0) is 36.0 Å². The van der Waals surface area contributed by atoms with Crippen LogP contribution in [0.3, 0.4) is 0 Å². The lowest BCUT2D eigenvalue weighted by Crippen LogP contribution is -2.35. The summed E-state index contributed by atoms with van der Waals surface area (Å²) in [7, 11) is 0. The predicted molar refractivity (Wildman–Crippen MR) is 60.0 cm³/mol. The minimum atomic E-state index is 0.397. The Morgan fingerprint density at radius 1 is 1.33 bits per heavy atom. The first-order valence-electron chi connectivity index (χ1n) is 5.80. The Morgan fingerprint density at radius 3 is 2.87 bits per heavy atom. The monoisotopic (exact) mass is 203 g/mol. The van der Waals surface area contributed by atoms with E-state index in [9.17, 15) is 5.11 Å². The lowest BCUT2D eigenvalue weighted by molar-refractivity contribution is 0.137. The number of hydrogen-bond acceptors (Lipinski definition) is 2. The van der Waals surface area contributed by atoms with Gasteiger partial charge in [0.05, 0.1) is 0 Å². The fraction of sp³-hybridized carbons (Fsp3) is 0.538. The number of hydrogen-bond donors (Lipinski definition) is 2. The molecule has 3 rings (SSSR count). The number of phenols is 1. The summed E-state index contributed by atoms with van der Waals surface area (Å²) < 4.78 is 0. The van der Waals surface area contributed by atoms with Gasteiger partial charge in [0, 0.05) is 19.0 Å². The maximum absolute atomic E-state index is 9.51. The average molecular weight is 203 g/mol. The Morgan fingerprint density at radius 2 is 2.20 bits per heavy atom. The second-order valence-electron chi connectivity index (χ2n) is 4.99. The van der Waals surface area contributed by atoms with Gasteiger partial charge in [-0.25, -0.2) is 0 Å². The molecule has 1 aliphatic heterocycles. The molecule has 0 amide bonds. The summed E-state index contributed by atoms with van der Waals surface area (Å²) in [6, 6.07) is 7.78. The number of aromatic hydroxyl groups is 1. The molecule has 1 atom stereocenters. The van der Waals surface area contributed by atoms with E-state index in [0.717, 1.165) is 13.1 Å². The number of phenolic OH excluding ortho intramolecular Hbond substituents is 1. The third-order valence-electron chi connectivity index (χ3n) is 4.19. The molecule has 1 heterocycles. The molecule has 2 fully saturated rings. The zero-order valence-electron chi connectivity index (χ0n) is 8.87. The van der Waals surface area contributed by atoms with Gasteiger partial charge in [0.1, 0.15) is 5.75 Å². The first kappa shape index (κ1) is 9.22. The molecular formula is C13H17NO. The molecule has 0 aromatic heterocycles. The SMILES string of the molecule is Oc1cccc([C@@H]2CNCC23CCC3)c1. The van der Waals surface area contributed by atoms with E-state index in [1.807, 2.05) is 12.1 Å². The van der Waals surface area contributed by atoms with Crippen molar-refractivity contribution in [1.29, 1.82) is 0 Å². The van der Waals surface area contributed by atoms with Crippen molar-refractivity contribution in [3.63, 3.8) is 0 Å². The van der Waals surface area contributed by atoms with Gasteiger partial charge >= 0.3 is 0 Å². The highest BCUT2D eigenvalue weighted by atomic mass is 16.3. The highest BCUT2D eigenvalue weighted by Gasteiger charge is 2.47. The van der Waals surface area contributed by atoms with Crippen LogP contribution in [0.15, 0.2) is 24.3 Å². The number of benzene rings is 1. The van der Waals surface area contributed by atoms with E-state index in [1.165, 1.54) is 24.8 Å². The fourth-order valence-electron chi connectivity index (χ4n) is 3.17. The molecule has 1 saturated carbocycles. The number of rotatable bonds is 1. The van der Waals surface area contributed by atoms with Crippen molar-refractivity contribution in [3.8, 4) is 5.75 Å². The molecule has 0 unspecified atom stereocenters. The predicted octanol–water partition coefficient (Wildman–Crippen LogP) is 2.25. The third kappa shape index (κ3) is 1.36. The van der Waals surface area contributed by atoms with Gasteiger partial charge in [-0.3, -0.25) is 0 Å². The minimum absolute atomic E-state index is 0.397. The molecule has 0 bridgehead atoms. The largest absolute Gasteiger partial charge is 0.508 e. The van der Waals surface area contributed by atoms with Crippen molar-refractivity contribution in [2.24, 2.45) is 5.41 Å². The van der Waals surface area contributed by atoms with Crippen LogP contribution >= 0.6 is 0 Å². The van der Waals surface area contributed by atoms with E-state index in [0.29, 0.717) is 17.1 Å². The summed E-state index contributed by atoms with van der Waals surface area (Å²) >= 11 is 0. The van der Waals surface area contributed by atoms with Crippen LogP contribution in [0.1, 0.15) is 30.7 Å². The maximum atomic E-state index is 9.51. The second-order valence-corrected chi connectivity index (χ2v) is 4.99. The van der Waals surface area contributed by atoms with Gasteiger partial charge < -0.3 is 10.4 Å². The van der Waals surface area contributed by atoms with Crippen LogP contribution in [0.25, 0.3) is 0 Å². The zero-order chi connectivity index (χ0) is 10.3. The van der Waals surface area contributed by atoms with Gasteiger partial charge in [-0.1, -0.05) is 18.6 Å². The van der Waals surface area contributed by atoms with Crippen LogP contribution < -0.4 is 5.32 Å². The quantitative estimate of drug-likeness (QED) is 0.733. The normalized spacial score (nSPS) is 27.9. The van der Waals surface area contributed by atoms with Crippen LogP contribution in [0.5, 0.6) is 5.75 Å². The highest BCUT2D eigenvalue weighted by Crippen LogP contribution is 2.53. The smallest absolute Gasteiger partial charge is 0.115 e. The highest BCUT2D eigenvalue weighted by molar-refractivity contribution is 5.33. The van der Waals surface area contributed by atoms with Crippen molar-refractivity contribution >= 4 is 0 Å². The van der Waals surface area contributed by atoms with Crippen LogP contribution in [-0.2, 0) is 0 Å². The standard InChI is InChI=1S/C13H17NO/c15-11-4-1-3-10(7-11)12-8-14-9-13(12)5-2-6-13/h1,3-4,7,12,14-15H,2,5-6,8-9H2/t12-/m0/s1. The summed E-state index contributed by atoms with van der Waals surface area (Å²) in [6.07, 6.45) is 4.07. The molecule has 0 radical (unpaired) electrons. The van der Waals surface area contributed by atoms with Crippen LogP contribution in [0.4, 0.5) is 0 Å². The zero-order valence-corrected chi connectivity index (χ0v) is 8.87. The Balaban J connectivity index is 1.93. The molecule has 1 spiro atoms. The maximum Gasteiger partial charge on any atom is 0.115 e. The molecule has 1 saturated heterocycles. The molecule has 15 heavy (non-hydrogen) atoms. The summed E-state index contributed by atoms with van der Waals surface area (Å²) in [5.74, 6) is 1.01. The lowest BCUT2D eigenvalue weighted by Gasteiger charge is -2.43. The van der Waals surface area contributed by atoms with E-state index in [1.54, 1.807) is 6.07 Å². The number of nitrogens with one attached hydrogen (secondary N) is 1. The summed E-state index contributed by atoms with van der Waals surface area (Å²) in [6.45, 7) is 2.23. The van der Waals surface area contributed by atoms with E-state index < -0.39 is 0 Å². The summed E-state index contributed by atoms with van der Waals surface area (Å²) in [4.78, 5) is 0. The van der Waals surface area contributed by atoms with Gasteiger partial charge in [-0.15, -0.1) is 0 Å². The topological polar surface area (TPSA) is 32.3 Å². The van der Waals surface area contributed by atoms with E-state index in [4.69, 9.17) is 0 Å². The second kappa shape index (κ2) is 3.24. The van der Waals surface area contributed by atoms with E-state index >= 15 is 0 Å². The van der Waals surface area contributed by atoms with Gasteiger partial charge in [0.15, 0.2) is 0 Å². The van der Waals surface area contributed by atoms with Crippen molar-refractivity contribution in [3.05, 3.63) is 29.8 Å². The molecule has 1 aliphatic carbocycles. The van der Waals surface area contributed by atoms with Crippen LogP contribution in [-0.4, -0.2) is 18.2 Å². The summed E-state index contributed by atoms with van der Waals surface area (Å²) in [5.41, 5.74) is 1.81. The van der Waals surface area contributed by atoms with Crippen molar-refractivity contribution < 1.29 is 5.11 Å².